The normalized spacial score (nSPS) is 28.3. The summed E-state index contributed by atoms with van der Waals surface area (Å²) in [5.41, 5.74) is -0.514. The number of carbonyl (C=O) groups is 2. The lowest BCUT2D eigenvalue weighted by molar-refractivity contribution is -0.136. The van der Waals surface area contributed by atoms with Crippen molar-refractivity contribution in [2.45, 2.75) is 36.4 Å². The molecule has 1 spiro atoms. The Balaban J connectivity index is 1.62. The van der Waals surface area contributed by atoms with E-state index in [1.165, 1.54) is 28.6 Å². The fraction of sp³-hybridized carbons (Fsp3) is 0.529. The number of carbonyl (C=O) groups excluding carboxylic acids is 2. The Morgan fingerprint density at radius 1 is 1.31 bits per heavy atom. The van der Waals surface area contributed by atoms with Crippen molar-refractivity contribution in [2.75, 3.05) is 26.3 Å². The molecule has 3 heterocycles. The van der Waals surface area contributed by atoms with Gasteiger partial charge in [-0.3, -0.25) is 4.79 Å². The van der Waals surface area contributed by atoms with Gasteiger partial charge >= 0.3 is 5.97 Å². The lowest BCUT2D eigenvalue weighted by atomic mass is 10.1. The monoisotopic (exact) mass is 380 g/mol. The fourth-order valence-electron chi connectivity index (χ4n) is 4.16. The molecular formula is C17H20N2O6S. The maximum absolute atomic E-state index is 13.1. The average Bonchev–Trinajstić information content (AvgIpc) is 3.26. The molecule has 0 bridgehead atoms. The molecule has 3 fully saturated rings. The van der Waals surface area contributed by atoms with Gasteiger partial charge in [0.15, 0.2) is 5.72 Å². The second kappa shape index (κ2) is 6.04. The summed E-state index contributed by atoms with van der Waals surface area (Å²) in [6.45, 7) is 3.20. The Labute approximate surface area is 151 Å². The van der Waals surface area contributed by atoms with Crippen LogP contribution in [0.15, 0.2) is 29.2 Å². The van der Waals surface area contributed by atoms with Crippen LogP contribution in [0.2, 0.25) is 0 Å². The summed E-state index contributed by atoms with van der Waals surface area (Å²) >= 11 is 0. The fourth-order valence-corrected chi connectivity index (χ4v) is 5.81. The predicted molar refractivity (Wildman–Crippen MR) is 89.7 cm³/mol. The van der Waals surface area contributed by atoms with Gasteiger partial charge in [0.1, 0.15) is 0 Å². The predicted octanol–water partition coefficient (Wildman–Crippen LogP) is 0.585. The first-order valence-corrected chi connectivity index (χ1v) is 10.1. The summed E-state index contributed by atoms with van der Waals surface area (Å²) in [7, 11) is -3.79. The number of benzene rings is 1. The van der Waals surface area contributed by atoms with Crippen LogP contribution in [0, 0.1) is 0 Å². The van der Waals surface area contributed by atoms with E-state index in [1.54, 1.807) is 11.8 Å². The number of hydrogen-bond acceptors (Lipinski definition) is 6. The van der Waals surface area contributed by atoms with Crippen molar-refractivity contribution < 1.29 is 27.5 Å². The quantitative estimate of drug-likeness (QED) is 0.710. The zero-order valence-electron chi connectivity index (χ0n) is 14.4. The Morgan fingerprint density at radius 2 is 2.04 bits per heavy atom. The van der Waals surface area contributed by atoms with E-state index >= 15 is 0 Å². The highest BCUT2D eigenvalue weighted by Gasteiger charge is 2.64. The minimum Gasteiger partial charge on any atom is -0.462 e. The Morgan fingerprint density at radius 3 is 2.73 bits per heavy atom. The van der Waals surface area contributed by atoms with Crippen molar-refractivity contribution in [1.29, 1.82) is 0 Å². The minimum atomic E-state index is -3.79. The number of nitrogens with zero attached hydrogens (tertiary/aromatic N) is 2. The molecule has 0 N–H and O–H groups in total. The summed E-state index contributed by atoms with van der Waals surface area (Å²) in [6.07, 6.45) is 0.615. The highest BCUT2D eigenvalue weighted by molar-refractivity contribution is 7.89. The summed E-state index contributed by atoms with van der Waals surface area (Å²) in [5, 5.41) is 0. The molecule has 0 aliphatic carbocycles. The SMILES string of the molecule is CCOC(=O)c1ccc(S(=O)(=O)N2CC[C@@]34OCCN3C(=O)C[C@@H]24)cc1. The maximum atomic E-state index is 13.1. The van der Waals surface area contributed by atoms with Crippen LogP contribution in [0.25, 0.3) is 0 Å². The summed E-state index contributed by atoms with van der Waals surface area (Å²) in [4.78, 5) is 25.7. The van der Waals surface area contributed by atoms with Gasteiger partial charge < -0.3 is 14.4 Å². The van der Waals surface area contributed by atoms with Crippen LogP contribution in [0.5, 0.6) is 0 Å². The molecule has 1 aromatic carbocycles. The van der Waals surface area contributed by atoms with E-state index in [1.807, 2.05) is 0 Å². The Hall–Kier alpha value is -1.97. The molecule has 3 aliphatic heterocycles. The number of ether oxygens (including phenoxy) is 2. The van der Waals surface area contributed by atoms with E-state index in [-0.39, 0.29) is 23.8 Å². The van der Waals surface area contributed by atoms with Gasteiger partial charge in [-0.25, -0.2) is 13.2 Å². The number of sulfonamides is 1. The van der Waals surface area contributed by atoms with Gasteiger partial charge in [0.2, 0.25) is 15.9 Å². The van der Waals surface area contributed by atoms with Gasteiger partial charge in [0, 0.05) is 25.9 Å². The average molecular weight is 380 g/mol. The first kappa shape index (κ1) is 17.4. The summed E-state index contributed by atoms with van der Waals surface area (Å²) in [6, 6.07) is 5.17. The standard InChI is InChI=1S/C17H20N2O6S/c1-2-24-16(21)12-3-5-13(6-4-12)26(22,23)19-8-7-17-14(19)11-15(20)18(17)9-10-25-17/h3-6,14H,2,7-11H2,1H3/t14-,17+/m1/s1. The first-order chi connectivity index (χ1) is 12.4. The molecule has 2 atom stereocenters. The van der Waals surface area contributed by atoms with Crippen LogP contribution >= 0.6 is 0 Å². The molecule has 0 saturated carbocycles. The van der Waals surface area contributed by atoms with Crippen molar-refractivity contribution in [1.82, 2.24) is 9.21 Å². The molecule has 4 rings (SSSR count). The third-order valence-corrected chi connectivity index (χ3v) is 7.25. The zero-order chi connectivity index (χ0) is 18.5. The first-order valence-electron chi connectivity index (χ1n) is 8.63. The van der Waals surface area contributed by atoms with E-state index in [0.717, 1.165) is 0 Å². The van der Waals surface area contributed by atoms with Crippen LogP contribution in [-0.2, 0) is 24.3 Å². The van der Waals surface area contributed by atoms with E-state index in [9.17, 15) is 18.0 Å². The van der Waals surface area contributed by atoms with Gasteiger partial charge in [0.25, 0.3) is 0 Å². The smallest absolute Gasteiger partial charge is 0.338 e. The minimum absolute atomic E-state index is 0.0648. The van der Waals surface area contributed by atoms with E-state index in [4.69, 9.17) is 9.47 Å². The molecule has 8 nitrogen and oxygen atoms in total. The van der Waals surface area contributed by atoms with Gasteiger partial charge in [-0.15, -0.1) is 0 Å². The second-order valence-electron chi connectivity index (χ2n) is 6.57. The molecule has 26 heavy (non-hydrogen) atoms. The highest BCUT2D eigenvalue weighted by Crippen LogP contribution is 2.47. The van der Waals surface area contributed by atoms with Gasteiger partial charge in [-0.2, -0.15) is 4.31 Å². The third-order valence-electron chi connectivity index (χ3n) is 5.32. The van der Waals surface area contributed by atoms with Crippen molar-refractivity contribution in [2.24, 2.45) is 0 Å². The van der Waals surface area contributed by atoms with Gasteiger partial charge in [-0.05, 0) is 31.2 Å². The molecule has 3 aliphatic rings. The Kier molecular flexibility index (Phi) is 4.05. The molecular weight excluding hydrogens is 360 g/mol. The molecule has 0 unspecified atom stereocenters. The summed E-state index contributed by atoms with van der Waals surface area (Å²) < 4.78 is 38.3. The third kappa shape index (κ3) is 2.38. The lowest BCUT2D eigenvalue weighted by Crippen LogP contribution is -2.48. The van der Waals surface area contributed by atoms with Gasteiger partial charge in [-0.1, -0.05) is 0 Å². The van der Waals surface area contributed by atoms with Crippen molar-refractivity contribution in [3.8, 4) is 0 Å². The van der Waals surface area contributed by atoms with Crippen molar-refractivity contribution >= 4 is 21.9 Å². The second-order valence-corrected chi connectivity index (χ2v) is 8.46. The van der Waals surface area contributed by atoms with Crippen molar-refractivity contribution in [3.63, 3.8) is 0 Å². The molecule has 0 radical (unpaired) electrons. The topological polar surface area (TPSA) is 93.2 Å². The van der Waals surface area contributed by atoms with Crippen LogP contribution in [0.1, 0.15) is 30.1 Å². The zero-order valence-corrected chi connectivity index (χ0v) is 15.2. The van der Waals surface area contributed by atoms with Crippen molar-refractivity contribution in [3.05, 3.63) is 29.8 Å². The Bertz CT molecular complexity index is 853. The highest BCUT2D eigenvalue weighted by atomic mass is 32.2. The van der Waals surface area contributed by atoms with E-state index in [2.05, 4.69) is 0 Å². The van der Waals surface area contributed by atoms with Crippen LogP contribution in [-0.4, -0.2) is 67.6 Å². The molecule has 0 aromatic heterocycles. The number of hydrogen-bond donors (Lipinski definition) is 0. The van der Waals surface area contributed by atoms with E-state index < -0.39 is 27.8 Å². The van der Waals surface area contributed by atoms with Crippen LogP contribution in [0.3, 0.4) is 0 Å². The largest absolute Gasteiger partial charge is 0.462 e. The number of rotatable bonds is 4. The number of esters is 1. The molecule has 140 valence electrons. The van der Waals surface area contributed by atoms with Gasteiger partial charge in [0.05, 0.1) is 29.7 Å². The number of amides is 1. The molecule has 1 amide bonds. The van der Waals surface area contributed by atoms with Crippen LogP contribution in [0.4, 0.5) is 0 Å². The molecule has 1 aromatic rings. The van der Waals surface area contributed by atoms with E-state index in [0.29, 0.717) is 31.7 Å². The lowest BCUT2D eigenvalue weighted by Gasteiger charge is -2.31. The molecule has 9 heteroatoms. The summed E-state index contributed by atoms with van der Waals surface area (Å²) in [5.74, 6) is -0.557. The molecule has 3 saturated heterocycles. The van der Waals surface area contributed by atoms with Crippen LogP contribution < -0.4 is 0 Å². The maximum Gasteiger partial charge on any atom is 0.338 e.